The Morgan fingerprint density at radius 3 is 0.769 bits per heavy atom. The number of hydrogen-bond donors (Lipinski definition) is 0. The largest absolute Gasteiger partial charge is 0.470 e. The second-order valence-corrected chi connectivity index (χ2v) is 42.4. The predicted octanol–water partition coefficient (Wildman–Crippen LogP) is 14.5. The van der Waals surface area contributed by atoms with E-state index in [4.69, 9.17) is 32.1 Å². The van der Waals surface area contributed by atoms with Gasteiger partial charge in [0.15, 0.2) is 0 Å². The molecule has 0 spiro atoms. The third-order valence-corrected chi connectivity index (χ3v) is 30.7. The summed E-state index contributed by atoms with van der Waals surface area (Å²) in [4.78, 5) is 76.7. The molecule has 0 bridgehead atoms. The fourth-order valence-electron chi connectivity index (χ4n) is 17.6. The molecule has 616 valence electrons. The smallest absolute Gasteiger partial charge is 0.349 e. The van der Waals surface area contributed by atoms with Gasteiger partial charge in [0, 0.05) is 75.1 Å². The first-order chi connectivity index (χ1) is 55.4. The lowest BCUT2D eigenvalue weighted by Gasteiger charge is -2.39. The van der Waals surface area contributed by atoms with Gasteiger partial charge in [-0.1, -0.05) is 128 Å². The van der Waals surface area contributed by atoms with Crippen LogP contribution in [0.1, 0.15) is 158 Å². The van der Waals surface area contributed by atoms with Gasteiger partial charge in [-0.05, 0) is 195 Å². The number of benzene rings is 4. The van der Waals surface area contributed by atoms with E-state index in [-0.39, 0.29) is 113 Å². The second kappa shape index (κ2) is 34.3. The minimum absolute atomic E-state index is 0.138. The molecule has 24 nitrogen and oxygen atoms in total. The van der Waals surface area contributed by atoms with Crippen LogP contribution < -0.4 is 0 Å². The molecule has 4 heterocycles. The van der Waals surface area contributed by atoms with Gasteiger partial charge >= 0.3 is 23.9 Å². The number of sulfone groups is 4. The number of nitriles is 2. The lowest BCUT2D eigenvalue weighted by Crippen LogP contribution is -2.44. The van der Waals surface area contributed by atoms with Crippen molar-refractivity contribution in [2.45, 2.75) is 178 Å². The molecule has 0 N–H and O–H groups in total. The molecule has 0 radical (unpaired) electrons. The predicted molar refractivity (Wildman–Crippen MR) is 437 cm³/mol. The summed E-state index contributed by atoms with van der Waals surface area (Å²) in [5.41, 5.74) is -8.46. The first-order valence-electron chi connectivity index (χ1n) is 39.7. The second-order valence-electron chi connectivity index (χ2n) is 34.8. The number of ether oxygens (including phenoxy) is 4. The average molecular weight is 1670 g/mol. The highest BCUT2D eigenvalue weighted by molar-refractivity contribution is 7.96. The molecule has 0 amide bonds. The molecule has 8 aliphatic rings. The Balaban J connectivity index is 1.07. The van der Waals surface area contributed by atoms with E-state index in [2.05, 4.69) is 9.69 Å². The van der Waals surface area contributed by atoms with Crippen molar-refractivity contribution in [2.24, 2.45) is 27.1 Å². The molecule has 4 aromatic carbocycles. The van der Waals surface area contributed by atoms with Crippen molar-refractivity contribution in [3.63, 3.8) is 0 Å². The standard InChI is InChI=1S/C89H100N8O16S4/c1-85(2)47-65(77(71(51-85)94-39-23-24-40-94)114(102,103)61-31-15-11-16-32-61)69(55-90)81(98)110-57-89(58-111-82(99)70(56-91)66-48-86(3,4)52-72(95-41-25-26-42-95)78(66)115(104,105)62-33-17-12-18-34-62,59-112-83(100)75(92-9)67-49-87(5,6)53-73(96-43-27-28-44-96)79(67)116(106,107)63-35-19-13-20-36-63)60-113-84(101)76(93-10)68-50-88(7,8)54-74(97-45-29-30-46-97)80(68)117(108,109)64-37-21-14-22-38-64/h11-22,31-38H,23-30,39-54,57-60H2,1-8H3/b69-65+,70-66+,75-67-,76-68+. The summed E-state index contributed by atoms with van der Waals surface area (Å²) < 4.78 is 149. The van der Waals surface area contributed by atoms with Crippen molar-refractivity contribution < 1.29 is 71.8 Å². The Bertz CT molecular complexity index is 4880. The zero-order valence-electron chi connectivity index (χ0n) is 67.6. The van der Waals surface area contributed by atoms with E-state index in [1.165, 1.54) is 97.1 Å². The van der Waals surface area contributed by atoms with Crippen LogP contribution in [0.25, 0.3) is 9.69 Å². The molecule has 0 unspecified atom stereocenters. The van der Waals surface area contributed by atoms with Gasteiger partial charge in [-0.2, -0.15) is 10.5 Å². The van der Waals surface area contributed by atoms with Crippen LogP contribution in [0, 0.1) is 62.9 Å². The summed E-state index contributed by atoms with van der Waals surface area (Å²) in [5.74, 6) is -5.91. The lowest BCUT2D eigenvalue weighted by molar-refractivity contribution is -0.165. The SMILES string of the molecule is [C-]#[N+]/C(C(=O)OCC(COC(=O)/C(C#N)=C1\CC(C)(C)CC(N2CCCC2)=C1S(=O)(=O)c1ccccc1)(COC(=O)/C(C#N)=C1\CC(C)(C)CC(N2CCCC2)=C1S(=O)(=O)c1ccccc1)COC(=O)/C([N+]#[C-])=C1/CC(C)(C)CC(N2CCCC2)=C1S(=O)(=O)c1ccccc1)=C1/CC(C)(C)CC(N2CCCC2)=C1S(=O)(=O)c1ccccc1. The highest BCUT2D eigenvalue weighted by atomic mass is 32.2. The Kier molecular flexibility index (Phi) is 25.2. The molecule has 0 saturated carbocycles. The third-order valence-electron chi connectivity index (χ3n) is 23.0. The topological polar surface area (TPSA) is 311 Å². The maximum Gasteiger partial charge on any atom is 0.349 e. The van der Waals surface area contributed by atoms with E-state index in [0.717, 1.165) is 0 Å². The molecular formula is C89H100N8O16S4. The van der Waals surface area contributed by atoms with E-state index >= 15 is 52.8 Å². The first-order valence-corrected chi connectivity index (χ1v) is 45.7. The van der Waals surface area contributed by atoms with Crippen LogP contribution in [0.15, 0.2) is 228 Å². The Morgan fingerprint density at radius 1 is 0.350 bits per heavy atom. The molecule has 4 aliphatic carbocycles. The summed E-state index contributed by atoms with van der Waals surface area (Å²) in [6.07, 6.45) is 5.79. The van der Waals surface area contributed by atoms with Crippen molar-refractivity contribution in [1.82, 2.24) is 19.6 Å². The molecule has 4 aliphatic heterocycles. The maximum atomic E-state index is 15.8. The van der Waals surface area contributed by atoms with Crippen LogP contribution >= 0.6 is 0 Å². The highest BCUT2D eigenvalue weighted by Gasteiger charge is 2.50. The number of carbonyl (C=O) groups is 4. The number of allylic oxidation sites excluding steroid dienone is 8. The number of hydrogen-bond acceptors (Lipinski definition) is 22. The van der Waals surface area contributed by atoms with E-state index in [9.17, 15) is 10.5 Å². The molecule has 0 atom stereocenters. The van der Waals surface area contributed by atoms with E-state index in [1.807, 2.05) is 87.1 Å². The third kappa shape index (κ3) is 18.2. The maximum absolute atomic E-state index is 15.8. The van der Waals surface area contributed by atoms with Crippen LogP contribution in [-0.2, 0) is 77.5 Å². The summed E-state index contributed by atoms with van der Waals surface area (Å²) >= 11 is 0. The van der Waals surface area contributed by atoms with Crippen LogP contribution in [-0.4, -0.2) is 156 Å². The molecular weight excluding hydrogens is 1570 g/mol. The fourth-order valence-corrected chi connectivity index (χ4v) is 24.6. The van der Waals surface area contributed by atoms with Crippen LogP contribution in [0.2, 0.25) is 0 Å². The highest BCUT2D eigenvalue weighted by Crippen LogP contribution is 2.54. The summed E-state index contributed by atoms with van der Waals surface area (Å²) in [6, 6.07) is 33.9. The first kappa shape index (κ1) is 86.0. The van der Waals surface area contributed by atoms with Gasteiger partial charge in [0.1, 0.15) is 55.1 Å². The van der Waals surface area contributed by atoms with Gasteiger partial charge in [-0.15, -0.1) is 0 Å². The number of esters is 4. The van der Waals surface area contributed by atoms with E-state index in [0.29, 0.717) is 127 Å². The zero-order chi connectivity index (χ0) is 84.3. The van der Waals surface area contributed by atoms with Crippen molar-refractivity contribution in [1.29, 1.82) is 10.5 Å². The number of likely N-dealkylation sites (tertiary alicyclic amines) is 4. The van der Waals surface area contributed by atoms with Crippen LogP contribution in [0.3, 0.4) is 0 Å². The van der Waals surface area contributed by atoms with Gasteiger partial charge in [0.2, 0.25) is 39.3 Å². The minimum Gasteiger partial charge on any atom is -0.470 e. The summed E-state index contributed by atoms with van der Waals surface area (Å²) in [7, 11) is -18.4. The molecule has 28 heteroatoms. The Labute approximate surface area is 687 Å². The van der Waals surface area contributed by atoms with Gasteiger partial charge in [0.25, 0.3) is 11.4 Å². The molecule has 0 aromatic heterocycles. The van der Waals surface area contributed by atoms with E-state index in [1.54, 1.807) is 24.3 Å². The van der Waals surface area contributed by atoms with Gasteiger partial charge in [-0.3, -0.25) is 9.59 Å². The molecule has 117 heavy (non-hydrogen) atoms. The monoisotopic (exact) mass is 1660 g/mol. The quantitative estimate of drug-likeness (QED) is 0.0207. The molecule has 4 saturated heterocycles. The average Bonchev–Trinajstić information content (AvgIpc) is 1.24. The number of rotatable bonds is 24. The van der Waals surface area contributed by atoms with Crippen molar-refractivity contribution in [3.8, 4) is 12.1 Å². The van der Waals surface area contributed by atoms with Crippen molar-refractivity contribution in [2.75, 3.05) is 78.8 Å². The molecule has 12 rings (SSSR count). The molecule has 4 aromatic rings. The normalized spacial score (nSPS) is 21.5. The van der Waals surface area contributed by atoms with E-state index < -0.39 is 139 Å². The minimum atomic E-state index is -4.60. The fraction of sp³-hybridized carbons (Fsp3) is 0.461. The van der Waals surface area contributed by atoms with Gasteiger partial charge < -0.3 is 38.5 Å². The summed E-state index contributed by atoms with van der Waals surface area (Å²) in [6.45, 7) is 31.2. The number of carbonyl (C=O) groups excluding carboxylic acids is 4. The Morgan fingerprint density at radius 2 is 0.556 bits per heavy atom. The van der Waals surface area contributed by atoms with Gasteiger partial charge in [0.05, 0.1) is 52.3 Å². The van der Waals surface area contributed by atoms with Gasteiger partial charge in [-0.25, -0.2) is 53.0 Å². The van der Waals surface area contributed by atoms with Crippen molar-refractivity contribution in [3.05, 3.63) is 231 Å². The van der Waals surface area contributed by atoms with Crippen LogP contribution in [0.4, 0.5) is 0 Å². The Hall–Kier alpha value is -10.4. The zero-order valence-corrected chi connectivity index (χ0v) is 70.9. The number of nitrogens with zero attached hydrogens (tertiary/aromatic N) is 8. The van der Waals surface area contributed by atoms with Crippen LogP contribution in [0.5, 0.6) is 0 Å². The lowest BCUT2D eigenvalue weighted by atomic mass is 9.75. The summed E-state index contributed by atoms with van der Waals surface area (Å²) in [5, 5.41) is 23.1. The van der Waals surface area contributed by atoms with Crippen molar-refractivity contribution >= 4 is 63.2 Å². The molecule has 4 fully saturated rings.